The van der Waals surface area contributed by atoms with Gasteiger partial charge in [-0.15, -0.1) is 0 Å². The standard InChI is InChI=1S/C10H18/c1-10(6-2-3-7-10)8-9-4-5-9/h9H,2-8H2,1H3. The van der Waals surface area contributed by atoms with Crippen molar-refractivity contribution in [2.45, 2.75) is 51.9 Å². The molecule has 2 rings (SSSR count). The summed E-state index contributed by atoms with van der Waals surface area (Å²) in [6.07, 6.45) is 10.7. The van der Waals surface area contributed by atoms with E-state index in [9.17, 15) is 0 Å². The molecule has 58 valence electrons. The highest BCUT2D eigenvalue weighted by molar-refractivity contribution is 4.87. The van der Waals surface area contributed by atoms with Crippen molar-refractivity contribution < 1.29 is 0 Å². The van der Waals surface area contributed by atoms with Crippen molar-refractivity contribution in [2.75, 3.05) is 0 Å². The van der Waals surface area contributed by atoms with E-state index in [0.29, 0.717) is 0 Å². The van der Waals surface area contributed by atoms with Gasteiger partial charge in [0.1, 0.15) is 0 Å². The molecule has 0 bridgehead atoms. The molecule has 2 saturated carbocycles. The molecular formula is C10H18. The van der Waals surface area contributed by atoms with Crippen LogP contribution in [0.5, 0.6) is 0 Å². The summed E-state index contributed by atoms with van der Waals surface area (Å²) in [5.41, 5.74) is 0.779. The molecule has 0 aromatic rings. The highest BCUT2D eigenvalue weighted by Gasteiger charge is 2.35. The Hall–Kier alpha value is 0. The van der Waals surface area contributed by atoms with E-state index in [2.05, 4.69) is 6.92 Å². The Morgan fingerprint density at radius 2 is 1.80 bits per heavy atom. The molecule has 0 saturated heterocycles. The first-order valence-corrected chi connectivity index (χ1v) is 4.79. The van der Waals surface area contributed by atoms with Gasteiger partial charge in [-0.25, -0.2) is 0 Å². The fraction of sp³-hybridized carbons (Fsp3) is 1.00. The van der Waals surface area contributed by atoms with E-state index in [1.165, 1.54) is 38.5 Å². The molecule has 0 heterocycles. The first-order chi connectivity index (χ1) is 4.79. The highest BCUT2D eigenvalue weighted by atomic mass is 14.4. The van der Waals surface area contributed by atoms with Gasteiger partial charge in [0, 0.05) is 0 Å². The number of hydrogen-bond donors (Lipinski definition) is 0. The van der Waals surface area contributed by atoms with Crippen LogP contribution in [0.25, 0.3) is 0 Å². The average Bonchev–Trinajstić information content (AvgIpc) is 2.56. The summed E-state index contributed by atoms with van der Waals surface area (Å²) in [6.45, 7) is 2.50. The molecule has 2 fully saturated rings. The zero-order valence-electron chi connectivity index (χ0n) is 7.03. The molecule has 0 aromatic carbocycles. The minimum absolute atomic E-state index is 0.779. The largest absolute Gasteiger partial charge is 0.0596 e. The molecular weight excluding hydrogens is 120 g/mol. The quantitative estimate of drug-likeness (QED) is 0.549. The van der Waals surface area contributed by atoms with E-state index >= 15 is 0 Å². The maximum Gasteiger partial charge on any atom is -0.0323 e. The maximum atomic E-state index is 2.50. The molecule has 0 amide bonds. The average molecular weight is 138 g/mol. The van der Waals surface area contributed by atoms with Crippen molar-refractivity contribution in [3.8, 4) is 0 Å². The summed E-state index contributed by atoms with van der Waals surface area (Å²) < 4.78 is 0. The molecule has 0 unspecified atom stereocenters. The zero-order valence-corrected chi connectivity index (χ0v) is 7.03. The summed E-state index contributed by atoms with van der Waals surface area (Å²) in [5, 5.41) is 0. The second-order valence-corrected chi connectivity index (χ2v) is 4.67. The third-order valence-electron chi connectivity index (χ3n) is 3.29. The smallest absolute Gasteiger partial charge is 0.0323 e. The minimum atomic E-state index is 0.779. The third kappa shape index (κ3) is 1.36. The SMILES string of the molecule is CC1(CC2CC2)CCCC1. The van der Waals surface area contributed by atoms with Gasteiger partial charge in [-0.05, 0) is 30.6 Å². The molecule has 10 heavy (non-hydrogen) atoms. The van der Waals surface area contributed by atoms with Gasteiger partial charge in [-0.2, -0.15) is 0 Å². The Labute approximate surface area is 64.0 Å². The summed E-state index contributed by atoms with van der Waals surface area (Å²) in [7, 11) is 0. The lowest BCUT2D eigenvalue weighted by Crippen LogP contribution is -2.11. The first-order valence-electron chi connectivity index (χ1n) is 4.79. The van der Waals surface area contributed by atoms with Crippen molar-refractivity contribution in [1.82, 2.24) is 0 Å². The maximum absolute atomic E-state index is 2.50. The zero-order chi connectivity index (χ0) is 7.03. The van der Waals surface area contributed by atoms with Crippen LogP contribution in [0.1, 0.15) is 51.9 Å². The molecule has 0 aliphatic heterocycles. The van der Waals surface area contributed by atoms with E-state index in [0.717, 1.165) is 11.3 Å². The fourth-order valence-corrected chi connectivity index (χ4v) is 2.45. The van der Waals surface area contributed by atoms with Crippen LogP contribution < -0.4 is 0 Å². The molecule has 0 aromatic heterocycles. The monoisotopic (exact) mass is 138 g/mol. The number of rotatable bonds is 2. The van der Waals surface area contributed by atoms with Gasteiger partial charge in [-0.1, -0.05) is 32.6 Å². The second kappa shape index (κ2) is 2.25. The van der Waals surface area contributed by atoms with Gasteiger partial charge in [0.2, 0.25) is 0 Å². The van der Waals surface area contributed by atoms with Crippen molar-refractivity contribution in [1.29, 1.82) is 0 Å². The van der Waals surface area contributed by atoms with Crippen molar-refractivity contribution >= 4 is 0 Å². The summed E-state index contributed by atoms with van der Waals surface area (Å²) in [5.74, 6) is 1.14. The second-order valence-electron chi connectivity index (χ2n) is 4.67. The third-order valence-corrected chi connectivity index (χ3v) is 3.29. The van der Waals surface area contributed by atoms with Crippen LogP contribution >= 0.6 is 0 Å². The van der Waals surface area contributed by atoms with Crippen molar-refractivity contribution in [3.05, 3.63) is 0 Å². The lowest BCUT2D eigenvalue weighted by atomic mass is 9.83. The first kappa shape index (κ1) is 6.69. The Morgan fingerprint density at radius 1 is 1.20 bits per heavy atom. The van der Waals surface area contributed by atoms with Gasteiger partial charge < -0.3 is 0 Å². The van der Waals surface area contributed by atoms with E-state index in [1.807, 2.05) is 0 Å². The fourth-order valence-electron chi connectivity index (χ4n) is 2.45. The van der Waals surface area contributed by atoms with Crippen LogP contribution in [0.2, 0.25) is 0 Å². The molecule has 0 spiro atoms. The van der Waals surface area contributed by atoms with E-state index in [-0.39, 0.29) is 0 Å². The molecule has 0 radical (unpaired) electrons. The molecule has 0 atom stereocenters. The number of hydrogen-bond acceptors (Lipinski definition) is 0. The predicted molar refractivity (Wildman–Crippen MR) is 43.9 cm³/mol. The normalized spacial score (nSPS) is 30.9. The predicted octanol–water partition coefficient (Wildman–Crippen LogP) is 3.37. The van der Waals surface area contributed by atoms with E-state index in [4.69, 9.17) is 0 Å². The van der Waals surface area contributed by atoms with Gasteiger partial charge in [0.15, 0.2) is 0 Å². The highest BCUT2D eigenvalue weighted by Crippen LogP contribution is 2.48. The van der Waals surface area contributed by atoms with Crippen LogP contribution in [0.3, 0.4) is 0 Å². The summed E-state index contributed by atoms with van der Waals surface area (Å²) in [4.78, 5) is 0. The van der Waals surface area contributed by atoms with Gasteiger partial charge in [0.05, 0.1) is 0 Å². The van der Waals surface area contributed by atoms with E-state index in [1.54, 1.807) is 6.42 Å². The van der Waals surface area contributed by atoms with Crippen LogP contribution in [-0.4, -0.2) is 0 Å². The van der Waals surface area contributed by atoms with Crippen molar-refractivity contribution in [3.63, 3.8) is 0 Å². The Bertz CT molecular complexity index is 116. The van der Waals surface area contributed by atoms with Crippen molar-refractivity contribution in [2.24, 2.45) is 11.3 Å². The Balaban J connectivity index is 1.86. The lowest BCUT2D eigenvalue weighted by Gasteiger charge is -2.22. The Kier molecular flexibility index (Phi) is 1.51. The molecule has 2 aliphatic rings. The molecule has 0 heteroatoms. The van der Waals surface area contributed by atoms with Gasteiger partial charge >= 0.3 is 0 Å². The van der Waals surface area contributed by atoms with E-state index < -0.39 is 0 Å². The van der Waals surface area contributed by atoms with Crippen LogP contribution in [0.15, 0.2) is 0 Å². The molecule has 0 N–H and O–H groups in total. The summed E-state index contributed by atoms with van der Waals surface area (Å²) in [6, 6.07) is 0. The Morgan fingerprint density at radius 3 is 2.30 bits per heavy atom. The topological polar surface area (TPSA) is 0 Å². The molecule has 0 nitrogen and oxygen atoms in total. The van der Waals surface area contributed by atoms with Crippen LogP contribution in [0.4, 0.5) is 0 Å². The van der Waals surface area contributed by atoms with Crippen LogP contribution in [-0.2, 0) is 0 Å². The minimum Gasteiger partial charge on any atom is -0.0596 e. The lowest BCUT2D eigenvalue weighted by molar-refractivity contribution is 0.290. The van der Waals surface area contributed by atoms with Crippen LogP contribution in [0, 0.1) is 11.3 Å². The van der Waals surface area contributed by atoms with Gasteiger partial charge in [-0.3, -0.25) is 0 Å². The molecule has 2 aliphatic carbocycles. The summed E-state index contributed by atoms with van der Waals surface area (Å²) >= 11 is 0. The van der Waals surface area contributed by atoms with Gasteiger partial charge in [0.25, 0.3) is 0 Å².